The molecule has 0 saturated heterocycles. The highest BCUT2D eigenvalue weighted by molar-refractivity contribution is 5.86. The van der Waals surface area contributed by atoms with Gasteiger partial charge in [0.05, 0.1) is 5.52 Å². The molecule has 2 N–H and O–H groups in total. The third-order valence-corrected chi connectivity index (χ3v) is 4.64. The molecule has 0 amide bonds. The summed E-state index contributed by atoms with van der Waals surface area (Å²) in [6.07, 6.45) is 6.11. The highest BCUT2D eigenvalue weighted by Gasteiger charge is 2.15. The summed E-state index contributed by atoms with van der Waals surface area (Å²) in [6.45, 7) is 5.07. The molecule has 3 aromatic rings. The standard InChI is InChI=1S/C21H28N4O/c1-3-4-10-18(12-14-26)24-21-20-19(22-16(2)23-21)11-13-25(20)15-17-8-6-5-7-9-17/h5-9,11,13,18,26H,3-4,10,12,14-15H2,1-2H3,(H,22,23,24)/t18-/m0/s1. The molecule has 0 saturated carbocycles. The Labute approximate surface area is 155 Å². The molecule has 0 spiro atoms. The predicted octanol–water partition coefficient (Wildman–Crippen LogP) is 4.14. The number of aliphatic hydroxyl groups excluding tert-OH is 1. The Morgan fingerprint density at radius 1 is 1.12 bits per heavy atom. The number of aromatic nitrogens is 3. The maximum absolute atomic E-state index is 9.41. The molecule has 0 aliphatic heterocycles. The Hall–Kier alpha value is -2.40. The summed E-state index contributed by atoms with van der Waals surface area (Å²) < 4.78 is 2.20. The number of nitrogens with one attached hydrogen (secondary N) is 1. The topological polar surface area (TPSA) is 63.0 Å². The molecule has 138 valence electrons. The highest BCUT2D eigenvalue weighted by Crippen LogP contribution is 2.24. The number of rotatable bonds is 9. The Kier molecular flexibility index (Phi) is 6.23. The summed E-state index contributed by atoms with van der Waals surface area (Å²) in [4.78, 5) is 9.27. The zero-order valence-corrected chi connectivity index (χ0v) is 15.7. The fourth-order valence-electron chi connectivity index (χ4n) is 3.32. The van der Waals surface area contributed by atoms with Gasteiger partial charge in [-0.2, -0.15) is 0 Å². The molecule has 3 rings (SSSR count). The van der Waals surface area contributed by atoms with Gasteiger partial charge >= 0.3 is 0 Å². The number of hydrogen-bond acceptors (Lipinski definition) is 4. The first-order valence-electron chi connectivity index (χ1n) is 9.46. The number of aryl methyl sites for hydroxylation is 1. The van der Waals surface area contributed by atoms with Crippen LogP contribution < -0.4 is 5.32 Å². The first kappa shape index (κ1) is 18.4. The molecule has 0 aliphatic carbocycles. The Balaban J connectivity index is 1.93. The van der Waals surface area contributed by atoms with E-state index in [2.05, 4.69) is 57.2 Å². The van der Waals surface area contributed by atoms with E-state index in [4.69, 9.17) is 0 Å². The second kappa shape index (κ2) is 8.81. The van der Waals surface area contributed by atoms with Crippen molar-refractivity contribution in [3.05, 3.63) is 54.0 Å². The minimum Gasteiger partial charge on any atom is -0.396 e. The zero-order valence-electron chi connectivity index (χ0n) is 15.7. The molecule has 0 fully saturated rings. The van der Waals surface area contributed by atoms with Crippen LogP contribution in [-0.4, -0.2) is 32.3 Å². The molecule has 1 aromatic carbocycles. The van der Waals surface area contributed by atoms with Crippen LogP contribution in [0.1, 0.15) is 44.0 Å². The lowest BCUT2D eigenvalue weighted by Gasteiger charge is -2.20. The van der Waals surface area contributed by atoms with Crippen LogP contribution in [0.4, 0.5) is 5.82 Å². The van der Waals surface area contributed by atoms with E-state index in [-0.39, 0.29) is 12.6 Å². The molecular weight excluding hydrogens is 324 g/mol. The number of nitrogens with zero attached hydrogens (tertiary/aromatic N) is 3. The Morgan fingerprint density at radius 3 is 2.65 bits per heavy atom. The molecule has 0 aliphatic rings. The van der Waals surface area contributed by atoms with Crippen LogP contribution in [0.5, 0.6) is 0 Å². The monoisotopic (exact) mass is 352 g/mol. The van der Waals surface area contributed by atoms with E-state index >= 15 is 0 Å². The van der Waals surface area contributed by atoms with Gasteiger partial charge in [-0.25, -0.2) is 9.97 Å². The van der Waals surface area contributed by atoms with Gasteiger partial charge in [0, 0.05) is 25.4 Å². The number of fused-ring (bicyclic) bond motifs is 1. The average molecular weight is 352 g/mol. The van der Waals surface area contributed by atoms with Gasteiger partial charge in [-0.05, 0) is 31.4 Å². The molecule has 1 atom stereocenters. The van der Waals surface area contributed by atoms with Crippen molar-refractivity contribution in [1.82, 2.24) is 14.5 Å². The van der Waals surface area contributed by atoms with Crippen LogP contribution in [0, 0.1) is 6.92 Å². The lowest BCUT2D eigenvalue weighted by atomic mass is 10.1. The van der Waals surface area contributed by atoms with Crippen molar-refractivity contribution in [2.75, 3.05) is 11.9 Å². The Morgan fingerprint density at radius 2 is 1.92 bits per heavy atom. The quantitative estimate of drug-likeness (QED) is 0.607. The predicted molar refractivity (Wildman–Crippen MR) is 106 cm³/mol. The van der Waals surface area contributed by atoms with Crippen molar-refractivity contribution in [2.45, 2.75) is 52.1 Å². The smallest absolute Gasteiger partial charge is 0.154 e. The molecule has 5 nitrogen and oxygen atoms in total. The summed E-state index contributed by atoms with van der Waals surface area (Å²) in [5.74, 6) is 1.62. The second-order valence-corrected chi connectivity index (χ2v) is 6.78. The van der Waals surface area contributed by atoms with E-state index in [0.29, 0.717) is 0 Å². The first-order chi connectivity index (χ1) is 12.7. The fourth-order valence-corrected chi connectivity index (χ4v) is 3.32. The number of anilines is 1. The van der Waals surface area contributed by atoms with Crippen molar-refractivity contribution < 1.29 is 5.11 Å². The van der Waals surface area contributed by atoms with Crippen LogP contribution in [-0.2, 0) is 6.54 Å². The van der Waals surface area contributed by atoms with E-state index in [1.54, 1.807) is 0 Å². The summed E-state index contributed by atoms with van der Waals surface area (Å²) in [5, 5.41) is 13.0. The van der Waals surface area contributed by atoms with Gasteiger partial charge in [0.2, 0.25) is 0 Å². The largest absolute Gasteiger partial charge is 0.396 e. The van der Waals surface area contributed by atoms with Gasteiger partial charge in [0.25, 0.3) is 0 Å². The third kappa shape index (κ3) is 4.41. The van der Waals surface area contributed by atoms with Crippen LogP contribution >= 0.6 is 0 Å². The minimum absolute atomic E-state index is 0.180. The van der Waals surface area contributed by atoms with Crippen molar-refractivity contribution in [1.29, 1.82) is 0 Å². The highest BCUT2D eigenvalue weighted by atomic mass is 16.3. The molecule has 0 bridgehead atoms. The van der Waals surface area contributed by atoms with Crippen molar-refractivity contribution in [3.63, 3.8) is 0 Å². The van der Waals surface area contributed by atoms with Gasteiger partial charge in [-0.3, -0.25) is 0 Å². The summed E-state index contributed by atoms with van der Waals surface area (Å²) >= 11 is 0. The molecule has 0 unspecified atom stereocenters. The van der Waals surface area contributed by atoms with Gasteiger partial charge < -0.3 is 15.0 Å². The Bertz CT molecular complexity index is 829. The summed E-state index contributed by atoms with van der Waals surface area (Å²) in [5.41, 5.74) is 3.22. The van der Waals surface area contributed by atoms with Crippen molar-refractivity contribution in [3.8, 4) is 0 Å². The third-order valence-electron chi connectivity index (χ3n) is 4.64. The molecule has 0 radical (unpaired) electrons. The number of hydrogen-bond donors (Lipinski definition) is 2. The number of aliphatic hydroxyl groups is 1. The van der Waals surface area contributed by atoms with Gasteiger partial charge in [-0.1, -0.05) is 50.1 Å². The fraction of sp³-hybridized carbons (Fsp3) is 0.429. The minimum atomic E-state index is 0.180. The van der Waals surface area contributed by atoms with E-state index in [9.17, 15) is 5.11 Å². The number of benzene rings is 1. The van der Waals surface area contributed by atoms with Gasteiger partial charge in [0.15, 0.2) is 5.82 Å². The molecule has 2 aromatic heterocycles. The normalized spacial score (nSPS) is 12.4. The van der Waals surface area contributed by atoms with E-state index in [0.717, 1.165) is 54.9 Å². The van der Waals surface area contributed by atoms with Crippen LogP contribution in [0.3, 0.4) is 0 Å². The van der Waals surface area contributed by atoms with E-state index in [1.165, 1.54) is 5.56 Å². The molecule has 5 heteroatoms. The van der Waals surface area contributed by atoms with E-state index < -0.39 is 0 Å². The van der Waals surface area contributed by atoms with Crippen LogP contribution in [0.25, 0.3) is 11.0 Å². The lowest BCUT2D eigenvalue weighted by Crippen LogP contribution is -2.22. The molecule has 26 heavy (non-hydrogen) atoms. The zero-order chi connectivity index (χ0) is 18.4. The van der Waals surface area contributed by atoms with Gasteiger partial charge in [-0.15, -0.1) is 0 Å². The van der Waals surface area contributed by atoms with E-state index in [1.807, 2.05) is 19.1 Å². The summed E-state index contributed by atoms with van der Waals surface area (Å²) in [7, 11) is 0. The van der Waals surface area contributed by atoms with Crippen molar-refractivity contribution in [2.24, 2.45) is 0 Å². The second-order valence-electron chi connectivity index (χ2n) is 6.78. The molecule has 2 heterocycles. The van der Waals surface area contributed by atoms with Crippen LogP contribution in [0.15, 0.2) is 42.6 Å². The van der Waals surface area contributed by atoms with Crippen molar-refractivity contribution >= 4 is 16.9 Å². The van der Waals surface area contributed by atoms with Gasteiger partial charge in [0.1, 0.15) is 11.3 Å². The summed E-state index contributed by atoms with van der Waals surface area (Å²) in [6, 6.07) is 12.7. The average Bonchev–Trinajstić information content (AvgIpc) is 3.03. The lowest BCUT2D eigenvalue weighted by molar-refractivity contribution is 0.276. The first-order valence-corrected chi connectivity index (χ1v) is 9.46. The maximum atomic E-state index is 9.41. The number of unbranched alkanes of at least 4 members (excludes halogenated alkanes) is 1. The molecular formula is C21H28N4O. The maximum Gasteiger partial charge on any atom is 0.154 e. The SMILES string of the molecule is CCCC[C@@H](CCO)Nc1nc(C)nc2ccn(Cc3ccccc3)c12. The van der Waals surface area contributed by atoms with Crippen LogP contribution in [0.2, 0.25) is 0 Å².